The third-order valence-electron chi connectivity index (χ3n) is 7.82. The van der Waals surface area contributed by atoms with Gasteiger partial charge in [0, 0.05) is 23.1 Å². The number of Topliss-reactive ketones (excluding diaryl/α,β-unsaturated/α-hetero) is 1. The number of nitrogens with zero attached hydrogens (tertiary/aromatic N) is 3. The normalized spacial score (nSPS) is 28.9. The highest BCUT2D eigenvalue weighted by atomic mass is 16.6. The van der Waals surface area contributed by atoms with E-state index in [1.165, 1.54) is 7.11 Å². The van der Waals surface area contributed by atoms with Crippen molar-refractivity contribution in [3.8, 4) is 0 Å². The van der Waals surface area contributed by atoms with Crippen molar-refractivity contribution in [2.45, 2.75) is 66.7 Å². The molecule has 198 valence electrons. The molecular weight excluding hydrogens is 480 g/mol. The first kappa shape index (κ1) is 26.4. The SMILES string of the molecule is COC(=O)[C@]12CC(C)(C)C[C@](C)(CC3=C1C(=O)/C(=N\Nc1cc([N+](=O)[O-])cc([N+](=O)[O-])c1)C(C)(C)C3)C2. The number of allylic oxidation sites excluding steroid dienone is 1. The highest BCUT2D eigenvalue weighted by Gasteiger charge is 2.62. The fourth-order valence-corrected chi connectivity index (χ4v) is 7.34. The number of carbonyl (C=O) groups is 2. The third-order valence-corrected chi connectivity index (χ3v) is 7.82. The molecule has 1 fully saturated rings. The first-order chi connectivity index (χ1) is 17.0. The van der Waals surface area contributed by atoms with Gasteiger partial charge in [0.2, 0.25) is 5.78 Å². The molecule has 1 aromatic carbocycles. The van der Waals surface area contributed by atoms with Crippen LogP contribution in [0.15, 0.2) is 34.4 Å². The molecule has 4 rings (SSSR count). The molecule has 0 amide bonds. The Morgan fingerprint density at radius 1 is 0.973 bits per heavy atom. The number of anilines is 1. The number of benzene rings is 1. The summed E-state index contributed by atoms with van der Waals surface area (Å²) in [6.45, 7) is 10.2. The Hall–Kier alpha value is -3.63. The summed E-state index contributed by atoms with van der Waals surface area (Å²) in [5.41, 5.74) is 1.14. The summed E-state index contributed by atoms with van der Waals surface area (Å²) < 4.78 is 5.28. The van der Waals surface area contributed by atoms with Gasteiger partial charge in [-0.1, -0.05) is 40.2 Å². The number of methoxy groups -OCH3 is 1. The molecule has 3 aliphatic carbocycles. The van der Waals surface area contributed by atoms with Crippen molar-refractivity contribution >= 4 is 34.5 Å². The molecule has 1 aromatic rings. The van der Waals surface area contributed by atoms with Crippen molar-refractivity contribution in [3.63, 3.8) is 0 Å². The summed E-state index contributed by atoms with van der Waals surface area (Å²) in [6.07, 6.45) is 3.14. The van der Waals surface area contributed by atoms with Crippen LogP contribution in [0.2, 0.25) is 0 Å². The summed E-state index contributed by atoms with van der Waals surface area (Å²) >= 11 is 0. The molecule has 0 unspecified atom stereocenters. The predicted molar refractivity (Wildman–Crippen MR) is 136 cm³/mol. The minimum absolute atomic E-state index is 0.00877. The molecule has 11 nitrogen and oxygen atoms in total. The quantitative estimate of drug-likeness (QED) is 0.315. The van der Waals surface area contributed by atoms with Gasteiger partial charge in [0.1, 0.15) is 5.71 Å². The van der Waals surface area contributed by atoms with Crippen LogP contribution >= 0.6 is 0 Å². The van der Waals surface area contributed by atoms with Crippen molar-refractivity contribution in [3.05, 3.63) is 49.6 Å². The van der Waals surface area contributed by atoms with E-state index in [2.05, 4.69) is 31.3 Å². The molecule has 11 heteroatoms. The molecule has 1 saturated carbocycles. The molecule has 0 heterocycles. The van der Waals surface area contributed by atoms with E-state index in [1.54, 1.807) is 0 Å². The molecule has 0 radical (unpaired) electrons. The van der Waals surface area contributed by atoms with Gasteiger partial charge in [0.05, 0.1) is 34.1 Å². The number of hydrogen-bond acceptors (Lipinski definition) is 9. The molecule has 37 heavy (non-hydrogen) atoms. The van der Waals surface area contributed by atoms with Crippen molar-refractivity contribution < 1.29 is 24.2 Å². The Labute approximate surface area is 214 Å². The first-order valence-corrected chi connectivity index (χ1v) is 12.2. The lowest BCUT2D eigenvalue weighted by Gasteiger charge is -2.57. The highest BCUT2D eigenvalue weighted by molar-refractivity contribution is 6.49. The molecule has 2 bridgehead atoms. The predicted octanol–water partition coefficient (Wildman–Crippen LogP) is 5.35. The number of nitro benzene ring substituents is 2. The van der Waals surface area contributed by atoms with Crippen LogP contribution in [0.1, 0.15) is 66.7 Å². The van der Waals surface area contributed by atoms with Crippen LogP contribution in [-0.4, -0.2) is 34.4 Å². The summed E-state index contributed by atoms with van der Waals surface area (Å²) in [7, 11) is 1.34. The number of nitro groups is 2. The maximum Gasteiger partial charge on any atom is 0.316 e. The molecule has 3 aliphatic rings. The van der Waals surface area contributed by atoms with Gasteiger partial charge < -0.3 is 4.74 Å². The van der Waals surface area contributed by atoms with Crippen LogP contribution in [-0.2, 0) is 14.3 Å². The largest absolute Gasteiger partial charge is 0.468 e. The van der Waals surface area contributed by atoms with E-state index in [1.807, 2.05) is 13.8 Å². The lowest BCUT2D eigenvalue weighted by Crippen LogP contribution is -2.56. The lowest BCUT2D eigenvalue weighted by atomic mass is 9.45. The average molecular weight is 513 g/mol. The van der Waals surface area contributed by atoms with Gasteiger partial charge in [-0.25, -0.2) is 0 Å². The maximum atomic E-state index is 14.1. The van der Waals surface area contributed by atoms with E-state index < -0.39 is 38.0 Å². The minimum atomic E-state index is -1.09. The van der Waals surface area contributed by atoms with Crippen LogP contribution in [0.4, 0.5) is 17.1 Å². The number of nitrogens with one attached hydrogen (secondary N) is 1. The van der Waals surface area contributed by atoms with E-state index in [0.29, 0.717) is 31.3 Å². The fourth-order valence-electron chi connectivity index (χ4n) is 7.34. The van der Waals surface area contributed by atoms with Crippen LogP contribution in [0, 0.1) is 41.9 Å². The first-order valence-electron chi connectivity index (χ1n) is 12.2. The van der Waals surface area contributed by atoms with E-state index in [-0.39, 0.29) is 28.0 Å². The zero-order valence-electron chi connectivity index (χ0n) is 22.0. The van der Waals surface area contributed by atoms with Gasteiger partial charge >= 0.3 is 5.97 Å². The number of ether oxygens (including phenoxy) is 1. The summed E-state index contributed by atoms with van der Waals surface area (Å²) in [5.74, 6) is -0.780. The van der Waals surface area contributed by atoms with Gasteiger partial charge in [-0.05, 0) is 42.9 Å². The van der Waals surface area contributed by atoms with Gasteiger partial charge in [0.15, 0.2) is 0 Å². The molecule has 1 N–H and O–H groups in total. The number of hydrogen-bond donors (Lipinski definition) is 1. The monoisotopic (exact) mass is 512 g/mol. The van der Waals surface area contributed by atoms with E-state index in [9.17, 15) is 29.8 Å². The van der Waals surface area contributed by atoms with Crippen LogP contribution in [0.25, 0.3) is 0 Å². The van der Waals surface area contributed by atoms with Gasteiger partial charge in [-0.15, -0.1) is 0 Å². The molecule has 0 spiro atoms. The van der Waals surface area contributed by atoms with Gasteiger partial charge in [-0.2, -0.15) is 5.10 Å². The second kappa shape index (κ2) is 8.46. The van der Waals surface area contributed by atoms with Crippen molar-refractivity contribution in [2.75, 3.05) is 12.5 Å². The summed E-state index contributed by atoms with van der Waals surface area (Å²) in [6, 6.07) is 3.09. The average Bonchev–Trinajstić information content (AvgIpc) is 2.75. The van der Waals surface area contributed by atoms with Gasteiger partial charge in [0.25, 0.3) is 11.4 Å². The second-order valence-corrected chi connectivity index (χ2v) is 12.4. The minimum Gasteiger partial charge on any atom is -0.468 e. The van der Waals surface area contributed by atoms with Gasteiger partial charge in [-0.3, -0.25) is 35.2 Å². The molecule has 0 saturated heterocycles. The highest BCUT2D eigenvalue weighted by Crippen LogP contribution is 2.65. The van der Waals surface area contributed by atoms with Crippen molar-refractivity contribution in [1.82, 2.24) is 0 Å². The smallest absolute Gasteiger partial charge is 0.316 e. The Kier molecular flexibility index (Phi) is 6.04. The zero-order chi connectivity index (χ0) is 27.6. The number of carbonyl (C=O) groups excluding carboxylic acids is 2. The molecular formula is C26H32N4O7. The number of rotatable bonds is 5. The number of hydrazone groups is 1. The van der Waals surface area contributed by atoms with E-state index in [0.717, 1.165) is 30.2 Å². The van der Waals surface area contributed by atoms with E-state index in [4.69, 9.17) is 4.74 Å². The fraction of sp³-hybridized carbons (Fsp3) is 0.577. The second-order valence-electron chi connectivity index (χ2n) is 12.4. The Morgan fingerprint density at radius 3 is 2.11 bits per heavy atom. The van der Waals surface area contributed by atoms with Crippen LogP contribution in [0.5, 0.6) is 0 Å². The van der Waals surface area contributed by atoms with Crippen molar-refractivity contribution in [2.24, 2.45) is 26.8 Å². The van der Waals surface area contributed by atoms with Crippen LogP contribution < -0.4 is 5.43 Å². The Balaban J connectivity index is 1.82. The van der Waals surface area contributed by atoms with Crippen molar-refractivity contribution in [1.29, 1.82) is 0 Å². The number of ketones is 1. The lowest BCUT2D eigenvalue weighted by molar-refractivity contribution is -0.394. The molecule has 0 aliphatic heterocycles. The van der Waals surface area contributed by atoms with E-state index >= 15 is 0 Å². The molecule has 2 atom stereocenters. The number of fused-ring (bicyclic) bond motifs is 3. The Morgan fingerprint density at radius 2 is 1.57 bits per heavy atom. The third kappa shape index (κ3) is 4.51. The van der Waals surface area contributed by atoms with Crippen LogP contribution in [0.3, 0.4) is 0 Å². The standard InChI is InChI=1S/C26H32N4O7/c1-23(2)12-25(5)11-15-10-24(3,4)21(20(31)19(15)26(13-23,14-25)22(32)37-6)28-27-16-7-17(29(33)34)9-18(8-16)30(35)36/h7-9,27H,10-14H2,1-6H3/b28-21+/t25-,26-/m0/s1. The number of esters is 1. The summed E-state index contributed by atoms with van der Waals surface area (Å²) in [4.78, 5) is 48.6. The summed E-state index contributed by atoms with van der Waals surface area (Å²) in [5, 5.41) is 26.9. The maximum absolute atomic E-state index is 14.1. The number of non-ortho nitro benzene ring substituents is 2. The Bertz CT molecular complexity index is 1260. The zero-order valence-corrected chi connectivity index (χ0v) is 22.0. The molecule has 0 aromatic heterocycles. The topological polar surface area (TPSA) is 154 Å².